The standard InChI is InChI=1S/C8H13NO2/c1-4-7-5-9(6(2)3)8(10)11-7/h4,6-7H,1,5H2,2-3H3/t7-/m0/s1. The maximum absolute atomic E-state index is 11.0. The molecule has 1 aliphatic rings. The second-order valence-electron chi connectivity index (χ2n) is 2.90. The molecule has 0 aliphatic carbocycles. The van der Waals surface area contributed by atoms with E-state index in [4.69, 9.17) is 4.74 Å². The van der Waals surface area contributed by atoms with Crippen LogP contribution in [0.1, 0.15) is 13.8 Å². The van der Waals surface area contributed by atoms with Crippen LogP contribution in [0.15, 0.2) is 12.7 Å². The lowest BCUT2D eigenvalue weighted by Gasteiger charge is -2.16. The summed E-state index contributed by atoms with van der Waals surface area (Å²) in [6.45, 7) is 8.14. The highest BCUT2D eigenvalue weighted by Crippen LogP contribution is 2.14. The van der Waals surface area contributed by atoms with E-state index in [1.54, 1.807) is 11.0 Å². The molecule has 0 saturated carbocycles. The average molecular weight is 155 g/mol. The zero-order valence-corrected chi connectivity index (χ0v) is 6.91. The predicted octanol–water partition coefficient (Wildman–Crippen LogP) is 1.40. The third-order valence-corrected chi connectivity index (χ3v) is 1.75. The van der Waals surface area contributed by atoms with Crippen molar-refractivity contribution in [2.24, 2.45) is 0 Å². The van der Waals surface area contributed by atoms with E-state index in [1.807, 2.05) is 13.8 Å². The molecule has 1 atom stereocenters. The lowest BCUT2D eigenvalue weighted by molar-refractivity contribution is 0.141. The van der Waals surface area contributed by atoms with Crippen molar-refractivity contribution in [2.75, 3.05) is 6.54 Å². The van der Waals surface area contributed by atoms with Crippen molar-refractivity contribution < 1.29 is 9.53 Å². The molecular weight excluding hydrogens is 142 g/mol. The molecule has 0 spiro atoms. The molecule has 0 aromatic carbocycles. The Hall–Kier alpha value is -0.990. The fourth-order valence-electron chi connectivity index (χ4n) is 1.05. The first kappa shape index (κ1) is 8.11. The summed E-state index contributed by atoms with van der Waals surface area (Å²) >= 11 is 0. The summed E-state index contributed by atoms with van der Waals surface area (Å²) in [6.07, 6.45) is 1.30. The number of carbonyl (C=O) groups excluding carboxylic acids is 1. The van der Waals surface area contributed by atoms with Crippen molar-refractivity contribution in [3.63, 3.8) is 0 Å². The Kier molecular flexibility index (Phi) is 2.17. The second kappa shape index (κ2) is 2.95. The molecule has 0 bridgehead atoms. The van der Waals surface area contributed by atoms with E-state index in [0.29, 0.717) is 6.54 Å². The smallest absolute Gasteiger partial charge is 0.410 e. The van der Waals surface area contributed by atoms with Crippen molar-refractivity contribution in [2.45, 2.75) is 26.0 Å². The van der Waals surface area contributed by atoms with E-state index in [-0.39, 0.29) is 18.2 Å². The predicted molar refractivity (Wildman–Crippen MR) is 42.3 cm³/mol. The van der Waals surface area contributed by atoms with Gasteiger partial charge in [0.05, 0.1) is 6.54 Å². The minimum atomic E-state index is -0.232. The van der Waals surface area contributed by atoms with Crippen LogP contribution in [0.2, 0.25) is 0 Å². The Morgan fingerprint density at radius 3 is 2.73 bits per heavy atom. The van der Waals surface area contributed by atoms with Gasteiger partial charge in [-0.2, -0.15) is 0 Å². The Morgan fingerprint density at radius 1 is 1.82 bits per heavy atom. The molecule has 3 heteroatoms. The molecule has 1 heterocycles. The normalized spacial score (nSPS) is 24.1. The molecule has 1 rings (SSSR count). The summed E-state index contributed by atoms with van der Waals surface area (Å²) in [4.78, 5) is 12.7. The summed E-state index contributed by atoms with van der Waals surface area (Å²) in [7, 11) is 0. The molecule has 0 aromatic heterocycles. The highest BCUT2D eigenvalue weighted by molar-refractivity contribution is 5.70. The Bertz CT molecular complexity index is 177. The van der Waals surface area contributed by atoms with E-state index in [0.717, 1.165) is 0 Å². The zero-order valence-electron chi connectivity index (χ0n) is 6.91. The van der Waals surface area contributed by atoms with E-state index >= 15 is 0 Å². The highest BCUT2D eigenvalue weighted by atomic mass is 16.6. The van der Waals surface area contributed by atoms with Gasteiger partial charge in [-0.3, -0.25) is 0 Å². The van der Waals surface area contributed by atoms with Gasteiger partial charge in [-0.15, -0.1) is 0 Å². The van der Waals surface area contributed by atoms with Crippen LogP contribution in [0.25, 0.3) is 0 Å². The van der Waals surface area contributed by atoms with E-state index in [9.17, 15) is 4.79 Å². The van der Waals surface area contributed by atoms with Gasteiger partial charge in [-0.05, 0) is 19.9 Å². The van der Waals surface area contributed by atoms with Crippen LogP contribution in [0.5, 0.6) is 0 Å². The molecule has 0 aromatic rings. The minimum Gasteiger partial charge on any atom is -0.440 e. The molecule has 0 N–H and O–H groups in total. The van der Waals surface area contributed by atoms with E-state index in [1.165, 1.54) is 0 Å². The maximum Gasteiger partial charge on any atom is 0.410 e. The van der Waals surface area contributed by atoms with Gasteiger partial charge in [0.1, 0.15) is 6.10 Å². The number of cyclic esters (lactones) is 1. The maximum atomic E-state index is 11.0. The fourth-order valence-corrected chi connectivity index (χ4v) is 1.05. The van der Waals surface area contributed by atoms with Gasteiger partial charge in [0, 0.05) is 6.04 Å². The second-order valence-corrected chi connectivity index (χ2v) is 2.90. The molecule has 11 heavy (non-hydrogen) atoms. The van der Waals surface area contributed by atoms with Crippen molar-refractivity contribution in [1.82, 2.24) is 4.90 Å². The molecular formula is C8H13NO2. The molecule has 1 saturated heterocycles. The van der Waals surface area contributed by atoms with Crippen molar-refractivity contribution >= 4 is 6.09 Å². The average Bonchev–Trinajstić information content (AvgIpc) is 2.30. The summed E-state index contributed by atoms with van der Waals surface area (Å²) in [5.41, 5.74) is 0. The number of ether oxygens (including phenoxy) is 1. The Morgan fingerprint density at radius 2 is 2.45 bits per heavy atom. The van der Waals surface area contributed by atoms with Crippen LogP contribution < -0.4 is 0 Å². The first-order valence-electron chi connectivity index (χ1n) is 3.75. The topological polar surface area (TPSA) is 29.5 Å². The molecule has 1 amide bonds. The van der Waals surface area contributed by atoms with Crippen LogP contribution in [0.4, 0.5) is 4.79 Å². The first-order valence-corrected chi connectivity index (χ1v) is 3.75. The quantitative estimate of drug-likeness (QED) is 0.564. The summed E-state index contributed by atoms with van der Waals surface area (Å²) in [5.74, 6) is 0. The van der Waals surface area contributed by atoms with Gasteiger partial charge in [0.15, 0.2) is 0 Å². The van der Waals surface area contributed by atoms with Crippen LogP contribution in [-0.2, 0) is 4.74 Å². The van der Waals surface area contributed by atoms with Gasteiger partial charge in [0.2, 0.25) is 0 Å². The van der Waals surface area contributed by atoms with Gasteiger partial charge < -0.3 is 9.64 Å². The van der Waals surface area contributed by atoms with Crippen LogP contribution in [0, 0.1) is 0 Å². The fraction of sp³-hybridized carbons (Fsp3) is 0.625. The van der Waals surface area contributed by atoms with Gasteiger partial charge in [0.25, 0.3) is 0 Å². The molecule has 3 nitrogen and oxygen atoms in total. The largest absolute Gasteiger partial charge is 0.440 e. The molecule has 0 unspecified atom stereocenters. The number of rotatable bonds is 2. The van der Waals surface area contributed by atoms with E-state index < -0.39 is 0 Å². The van der Waals surface area contributed by atoms with Crippen molar-refractivity contribution in [3.05, 3.63) is 12.7 Å². The Balaban J connectivity index is 2.58. The number of hydrogen-bond acceptors (Lipinski definition) is 2. The van der Waals surface area contributed by atoms with Crippen molar-refractivity contribution in [3.8, 4) is 0 Å². The van der Waals surface area contributed by atoms with Crippen molar-refractivity contribution in [1.29, 1.82) is 0 Å². The summed E-state index contributed by atoms with van der Waals surface area (Å²) in [6, 6.07) is 0.215. The highest BCUT2D eigenvalue weighted by Gasteiger charge is 2.30. The van der Waals surface area contributed by atoms with Crippen LogP contribution in [0.3, 0.4) is 0 Å². The van der Waals surface area contributed by atoms with E-state index in [2.05, 4.69) is 6.58 Å². The lowest BCUT2D eigenvalue weighted by atomic mass is 10.3. The van der Waals surface area contributed by atoms with Gasteiger partial charge >= 0.3 is 6.09 Å². The van der Waals surface area contributed by atoms with Crippen LogP contribution >= 0.6 is 0 Å². The lowest BCUT2D eigenvalue weighted by Crippen LogP contribution is -2.31. The molecule has 1 fully saturated rings. The molecule has 0 radical (unpaired) electrons. The zero-order chi connectivity index (χ0) is 8.43. The third-order valence-electron chi connectivity index (χ3n) is 1.75. The SMILES string of the molecule is C=C[C@H]1CN(C(C)C)C(=O)O1. The summed E-state index contributed by atoms with van der Waals surface area (Å²) < 4.78 is 4.95. The molecule has 1 aliphatic heterocycles. The monoisotopic (exact) mass is 155 g/mol. The van der Waals surface area contributed by atoms with Gasteiger partial charge in [-0.1, -0.05) is 6.58 Å². The van der Waals surface area contributed by atoms with Gasteiger partial charge in [-0.25, -0.2) is 4.79 Å². The first-order chi connectivity index (χ1) is 5.15. The molecule has 62 valence electrons. The number of amides is 1. The third kappa shape index (κ3) is 1.53. The minimum absolute atomic E-state index is 0.120. The van der Waals surface area contributed by atoms with Crippen LogP contribution in [-0.4, -0.2) is 29.7 Å². The number of hydrogen-bond donors (Lipinski definition) is 0. The Labute approximate surface area is 66.6 Å². The number of carbonyl (C=O) groups is 1. The summed E-state index contributed by atoms with van der Waals surface area (Å²) in [5, 5.41) is 0. The number of nitrogens with zero attached hydrogens (tertiary/aromatic N) is 1.